The number of aromatic nitrogens is 1. The Hall–Kier alpha value is -4.08. The van der Waals surface area contributed by atoms with Crippen LogP contribution in [0, 0.1) is 0 Å². The van der Waals surface area contributed by atoms with Gasteiger partial charge in [-0.25, -0.2) is 4.79 Å². The van der Waals surface area contributed by atoms with Crippen molar-refractivity contribution < 1.29 is 18.7 Å². The smallest absolute Gasteiger partial charge is 0.410 e. The number of carbonyl (C=O) groups excluding carboxylic acids is 1. The van der Waals surface area contributed by atoms with Crippen molar-refractivity contribution in [1.82, 2.24) is 9.88 Å². The Morgan fingerprint density at radius 2 is 1.60 bits per heavy atom. The van der Waals surface area contributed by atoms with E-state index in [1.807, 2.05) is 100 Å². The minimum absolute atomic E-state index is 0.0992. The first-order valence-electron chi connectivity index (χ1n) is 16.3. The van der Waals surface area contributed by atoms with Crippen LogP contribution in [-0.2, 0) is 22.2 Å². The number of amides is 1. The number of benzene rings is 3. The van der Waals surface area contributed by atoms with Gasteiger partial charge in [-0.3, -0.25) is 4.79 Å². The zero-order chi connectivity index (χ0) is 34.6. The molecule has 0 spiro atoms. The number of hydrogen-bond donors (Lipinski definition) is 2. The number of ether oxygens (including phenoxy) is 2. The van der Waals surface area contributed by atoms with Crippen LogP contribution in [0.15, 0.2) is 83.7 Å². The molecule has 4 aromatic rings. The fourth-order valence-corrected chi connectivity index (χ4v) is 6.49. The van der Waals surface area contributed by atoms with Gasteiger partial charge in [0.25, 0.3) is 0 Å². The van der Waals surface area contributed by atoms with Gasteiger partial charge in [0.2, 0.25) is 5.56 Å². The number of carbonyl (C=O) groups is 1. The highest BCUT2D eigenvalue weighted by Crippen LogP contribution is 2.42. The van der Waals surface area contributed by atoms with E-state index in [2.05, 4.69) is 38.8 Å². The zero-order valence-electron chi connectivity index (χ0n) is 29.3. The molecule has 0 fully saturated rings. The van der Waals surface area contributed by atoms with Crippen LogP contribution in [-0.4, -0.2) is 42.5 Å². The lowest BCUT2D eigenvalue weighted by atomic mass is 10.0. The van der Waals surface area contributed by atoms with Gasteiger partial charge in [-0.15, -0.1) is 0 Å². The number of hydrogen-bond acceptors (Lipinski definition) is 6. The lowest BCUT2D eigenvalue weighted by Crippen LogP contribution is -2.48. The molecule has 0 aliphatic carbocycles. The van der Waals surface area contributed by atoms with Gasteiger partial charge in [0, 0.05) is 23.2 Å². The minimum Gasteiger partial charge on any atom is -0.487 e. The van der Waals surface area contributed by atoms with Crippen molar-refractivity contribution in [3.63, 3.8) is 0 Å². The third-order valence-electron chi connectivity index (χ3n) is 8.72. The predicted molar refractivity (Wildman–Crippen MR) is 193 cm³/mol. The van der Waals surface area contributed by atoms with Crippen LogP contribution in [0.1, 0.15) is 71.3 Å². The number of rotatable bonds is 11. The molecule has 0 aliphatic heterocycles. The summed E-state index contributed by atoms with van der Waals surface area (Å²) in [7, 11) is -2.39. The van der Waals surface area contributed by atoms with Gasteiger partial charge in [0.15, 0.2) is 8.32 Å². The van der Waals surface area contributed by atoms with Crippen LogP contribution in [0.5, 0.6) is 5.75 Å². The summed E-state index contributed by atoms with van der Waals surface area (Å²) in [6.45, 7) is 19.2. The second kappa shape index (κ2) is 14.4. The number of nitrogens with two attached hydrogens (primary N) is 1. The van der Waals surface area contributed by atoms with Gasteiger partial charge in [0.1, 0.15) is 18.0 Å². The van der Waals surface area contributed by atoms with Gasteiger partial charge >= 0.3 is 6.09 Å². The Labute approximate surface area is 280 Å². The van der Waals surface area contributed by atoms with Crippen LogP contribution in [0.2, 0.25) is 18.1 Å². The van der Waals surface area contributed by atoms with Gasteiger partial charge < -0.3 is 29.5 Å². The summed E-state index contributed by atoms with van der Waals surface area (Å²) in [6, 6.07) is 24.6. The monoisotopic (exact) mass is 657 g/mol. The molecule has 0 saturated heterocycles. The van der Waals surface area contributed by atoms with Gasteiger partial charge in [0.05, 0.1) is 18.2 Å². The van der Waals surface area contributed by atoms with Crippen LogP contribution in [0.25, 0.3) is 10.9 Å². The lowest BCUT2D eigenvalue weighted by Gasteiger charge is -2.42. The van der Waals surface area contributed by atoms with Crippen LogP contribution in [0.3, 0.4) is 0 Å². The molecule has 1 aromatic heterocycles. The number of anilines is 1. The molecule has 47 heavy (non-hydrogen) atoms. The van der Waals surface area contributed by atoms with E-state index in [4.69, 9.17) is 19.6 Å². The molecule has 0 saturated carbocycles. The molecule has 0 radical (unpaired) electrons. The normalized spacial score (nSPS) is 13.6. The number of aromatic amines is 1. The van der Waals surface area contributed by atoms with Crippen molar-refractivity contribution in [3.8, 4) is 5.75 Å². The molecule has 9 heteroatoms. The molecular formula is C38H51N3O5Si. The molecule has 2 atom stereocenters. The van der Waals surface area contributed by atoms with Crippen LogP contribution < -0.4 is 16.0 Å². The summed E-state index contributed by atoms with van der Waals surface area (Å²) in [5.74, 6) is 0.565. The van der Waals surface area contributed by atoms with Crippen molar-refractivity contribution in [1.29, 1.82) is 0 Å². The van der Waals surface area contributed by atoms with E-state index in [1.165, 1.54) is 6.07 Å². The molecule has 1 amide bonds. The average Bonchev–Trinajstić information content (AvgIpc) is 2.97. The molecule has 4 rings (SSSR count). The average molecular weight is 658 g/mol. The van der Waals surface area contributed by atoms with E-state index in [0.29, 0.717) is 30.0 Å². The number of nitrogens with zero attached hydrogens (tertiary/aromatic N) is 1. The number of H-pyrrole nitrogens is 1. The van der Waals surface area contributed by atoms with E-state index in [0.717, 1.165) is 22.1 Å². The summed E-state index contributed by atoms with van der Waals surface area (Å²) in [6.07, 6.45) is -0.362. The molecule has 1 heterocycles. The first kappa shape index (κ1) is 35.8. The van der Waals surface area contributed by atoms with Gasteiger partial charge in [-0.2, -0.15) is 0 Å². The maximum Gasteiger partial charge on any atom is 0.410 e. The Balaban J connectivity index is 1.80. The highest BCUT2D eigenvalue weighted by atomic mass is 28.4. The number of pyridine rings is 1. The van der Waals surface area contributed by atoms with Crippen molar-refractivity contribution in [2.45, 2.75) is 97.4 Å². The largest absolute Gasteiger partial charge is 0.487 e. The third-order valence-corrected chi connectivity index (χ3v) is 13.2. The van der Waals surface area contributed by atoms with Crippen molar-refractivity contribution in [2.24, 2.45) is 0 Å². The third kappa shape index (κ3) is 9.48. The number of nitrogen functional groups attached to an aromatic ring is 1. The Kier molecular flexibility index (Phi) is 10.9. The first-order valence-corrected chi connectivity index (χ1v) is 19.2. The van der Waals surface area contributed by atoms with E-state index >= 15 is 0 Å². The predicted octanol–water partition coefficient (Wildman–Crippen LogP) is 8.62. The molecule has 0 aliphatic rings. The van der Waals surface area contributed by atoms with Crippen molar-refractivity contribution in [2.75, 3.05) is 12.3 Å². The molecule has 0 bridgehead atoms. The van der Waals surface area contributed by atoms with E-state index in [9.17, 15) is 9.59 Å². The maximum atomic E-state index is 13.9. The van der Waals surface area contributed by atoms with Crippen molar-refractivity contribution >= 4 is 31.0 Å². The van der Waals surface area contributed by atoms with Gasteiger partial charge in [-0.05, 0) is 93.2 Å². The quantitative estimate of drug-likeness (QED) is 0.124. The summed E-state index contributed by atoms with van der Waals surface area (Å²) in [4.78, 5) is 31.3. The van der Waals surface area contributed by atoms with E-state index < -0.39 is 26.1 Å². The van der Waals surface area contributed by atoms with Crippen LogP contribution in [0.4, 0.5) is 10.5 Å². The van der Waals surface area contributed by atoms with Crippen molar-refractivity contribution in [3.05, 3.63) is 106 Å². The summed E-state index contributed by atoms with van der Waals surface area (Å²) in [5, 5.41) is 0.699. The zero-order valence-corrected chi connectivity index (χ0v) is 30.3. The highest BCUT2D eigenvalue weighted by molar-refractivity contribution is 6.74. The highest BCUT2D eigenvalue weighted by Gasteiger charge is 2.41. The first-order chi connectivity index (χ1) is 21.9. The van der Waals surface area contributed by atoms with E-state index in [-0.39, 0.29) is 23.2 Å². The maximum absolute atomic E-state index is 13.9. The standard InChI is InChI=1S/C38H51N3O5Si/c1-26(22-28-16-13-17-29(39)23-28)41(36(43)45-37(2,3)4)24-33(46-47(8,9)38(5,6)7)30-18-20-32(35-31(30)19-21-34(42)40-35)44-25-27-14-11-10-12-15-27/h10-21,23,26,33H,22,24-25,39H2,1-9H3,(H,40,42)/t26?,33-/m0/s1. The molecule has 8 nitrogen and oxygen atoms in total. The van der Waals surface area contributed by atoms with E-state index in [1.54, 1.807) is 4.90 Å². The summed E-state index contributed by atoms with van der Waals surface area (Å²) >= 11 is 0. The molecule has 3 N–H and O–H groups in total. The minimum atomic E-state index is -2.39. The fourth-order valence-electron chi connectivity index (χ4n) is 5.22. The number of nitrogens with one attached hydrogen (secondary N) is 1. The number of fused-ring (bicyclic) bond motifs is 1. The fraction of sp³-hybridized carbons (Fsp3) is 0.421. The molecule has 3 aromatic carbocycles. The molecule has 252 valence electrons. The second-order valence-corrected chi connectivity index (χ2v) is 19.6. The van der Waals surface area contributed by atoms with Gasteiger partial charge in [-0.1, -0.05) is 69.3 Å². The Morgan fingerprint density at radius 3 is 2.23 bits per heavy atom. The summed E-state index contributed by atoms with van der Waals surface area (Å²) < 4.78 is 19.4. The Morgan fingerprint density at radius 1 is 0.915 bits per heavy atom. The van der Waals surface area contributed by atoms with Crippen LogP contribution >= 0.6 is 0 Å². The topological polar surface area (TPSA) is 107 Å². The summed E-state index contributed by atoms with van der Waals surface area (Å²) in [5.41, 5.74) is 9.34. The SMILES string of the molecule is CC(Cc1cccc(N)c1)N(C[C@H](O[Si](C)(C)C(C)(C)C)c1ccc(OCc2ccccc2)c2[nH]c(=O)ccc12)C(=O)OC(C)(C)C. The molecular weight excluding hydrogens is 607 g/mol. The molecule has 1 unspecified atom stereocenters. The lowest BCUT2D eigenvalue weighted by molar-refractivity contribution is 0.00691. The Bertz CT molecular complexity index is 1720. The second-order valence-electron chi connectivity index (χ2n) is 14.8.